The van der Waals surface area contributed by atoms with E-state index in [-0.39, 0.29) is 0 Å². The molecule has 0 amide bonds. The van der Waals surface area contributed by atoms with Crippen LogP contribution in [0.2, 0.25) is 0 Å². The average molecular weight is 760 g/mol. The van der Waals surface area contributed by atoms with Crippen molar-refractivity contribution in [2.24, 2.45) is 0 Å². The zero-order valence-corrected chi connectivity index (χ0v) is 32.0. The second-order valence-electron chi connectivity index (χ2n) is 14.9. The van der Waals surface area contributed by atoms with Gasteiger partial charge in [-0.05, 0) is 88.0 Å². The highest BCUT2D eigenvalue weighted by Gasteiger charge is 2.21. The Kier molecular flexibility index (Phi) is 7.40. The number of para-hydroxylation sites is 2. The first kappa shape index (κ1) is 32.8. The Hall–Kier alpha value is -7.40. The first-order valence-corrected chi connectivity index (χ1v) is 20.4. The van der Waals surface area contributed by atoms with Gasteiger partial charge in [0.25, 0.3) is 0 Å². The normalized spacial score (nSPS) is 11.8. The third kappa shape index (κ3) is 5.27. The lowest BCUT2D eigenvalue weighted by Gasteiger charge is -2.26. The van der Waals surface area contributed by atoms with Gasteiger partial charge in [-0.2, -0.15) is 0 Å². The van der Waals surface area contributed by atoms with Crippen molar-refractivity contribution in [3.8, 4) is 33.4 Å². The molecule has 0 N–H and O–H groups in total. The summed E-state index contributed by atoms with van der Waals surface area (Å²) in [6.07, 6.45) is 0. The van der Waals surface area contributed by atoms with Gasteiger partial charge >= 0.3 is 0 Å². The Morgan fingerprint density at radius 2 is 0.810 bits per heavy atom. The van der Waals surface area contributed by atoms with E-state index in [1.165, 1.54) is 31.3 Å². The van der Waals surface area contributed by atoms with Gasteiger partial charge in [0.15, 0.2) is 0 Å². The minimum absolute atomic E-state index is 0.870. The van der Waals surface area contributed by atoms with Crippen LogP contribution < -0.4 is 4.90 Å². The van der Waals surface area contributed by atoms with Gasteiger partial charge in [-0.15, -0.1) is 11.3 Å². The zero-order valence-electron chi connectivity index (χ0n) is 31.2. The second-order valence-corrected chi connectivity index (χ2v) is 15.9. The van der Waals surface area contributed by atoms with Gasteiger partial charge in [-0.3, -0.25) is 0 Å². The number of fused-ring (bicyclic) bond motifs is 9. The fraction of sp³-hybridized carbons (Fsp3) is 0. The summed E-state index contributed by atoms with van der Waals surface area (Å²) in [4.78, 5) is 2.38. The highest BCUT2D eigenvalue weighted by Crippen LogP contribution is 2.48. The zero-order chi connectivity index (χ0) is 38.2. The predicted octanol–water partition coefficient (Wildman–Crippen LogP) is 16.3. The Bertz CT molecular complexity index is 3500. The summed E-state index contributed by atoms with van der Waals surface area (Å²) < 4.78 is 15.2. The molecule has 0 saturated carbocycles. The number of anilines is 3. The Labute approximate surface area is 338 Å². The summed E-state index contributed by atoms with van der Waals surface area (Å²) in [7, 11) is 0. The van der Waals surface area contributed by atoms with Gasteiger partial charge in [0.05, 0.1) is 10.4 Å². The van der Waals surface area contributed by atoms with E-state index in [4.69, 9.17) is 8.83 Å². The lowest BCUT2D eigenvalue weighted by Crippen LogP contribution is -2.10. The molecule has 0 aliphatic rings. The molecule has 0 aliphatic carbocycles. The fourth-order valence-corrected chi connectivity index (χ4v) is 10.0. The second kappa shape index (κ2) is 13.1. The maximum Gasteiger partial charge on any atom is 0.137 e. The van der Waals surface area contributed by atoms with E-state index in [0.29, 0.717) is 0 Å². The molecule has 0 spiro atoms. The predicted molar refractivity (Wildman–Crippen MR) is 245 cm³/mol. The third-order valence-corrected chi connectivity index (χ3v) is 12.8. The van der Waals surface area contributed by atoms with E-state index in [1.807, 2.05) is 35.6 Å². The van der Waals surface area contributed by atoms with Crippen molar-refractivity contribution in [1.82, 2.24) is 0 Å². The first-order chi connectivity index (χ1) is 28.7. The summed E-state index contributed by atoms with van der Waals surface area (Å²) in [6, 6.07) is 71.4. The molecule has 0 bridgehead atoms. The molecule has 0 unspecified atom stereocenters. The molecule has 3 heterocycles. The molecule has 0 saturated heterocycles. The van der Waals surface area contributed by atoms with Gasteiger partial charge in [0.1, 0.15) is 22.3 Å². The minimum atomic E-state index is 0.870. The van der Waals surface area contributed by atoms with Crippen molar-refractivity contribution >= 4 is 92.4 Å². The van der Waals surface area contributed by atoms with Crippen LogP contribution in [-0.2, 0) is 0 Å². The van der Waals surface area contributed by atoms with E-state index in [2.05, 4.69) is 181 Å². The molecular weight excluding hydrogens is 727 g/mol. The first-order valence-electron chi connectivity index (χ1n) is 19.6. The van der Waals surface area contributed by atoms with E-state index >= 15 is 0 Å². The molecule has 0 radical (unpaired) electrons. The maximum atomic E-state index is 6.44. The van der Waals surface area contributed by atoms with Crippen LogP contribution in [0.3, 0.4) is 0 Å². The molecular formula is C54H33NO2S. The number of nitrogens with zero attached hydrogens (tertiary/aromatic N) is 1. The Balaban J connectivity index is 0.957. The highest BCUT2D eigenvalue weighted by molar-refractivity contribution is 7.27. The summed E-state index contributed by atoms with van der Waals surface area (Å²) in [5.74, 6) is 0. The summed E-state index contributed by atoms with van der Waals surface area (Å²) in [6.45, 7) is 0. The van der Waals surface area contributed by atoms with Gasteiger partial charge in [0, 0.05) is 54.5 Å². The molecule has 0 fully saturated rings. The van der Waals surface area contributed by atoms with E-state index < -0.39 is 0 Å². The summed E-state index contributed by atoms with van der Waals surface area (Å²) in [5.41, 5.74) is 13.9. The van der Waals surface area contributed by atoms with Crippen molar-refractivity contribution in [3.05, 3.63) is 200 Å². The van der Waals surface area contributed by atoms with Crippen molar-refractivity contribution in [2.75, 3.05) is 4.90 Å². The lowest BCUT2D eigenvalue weighted by atomic mass is 9.99. The summed E-state index contributed by atoms with van der Waals surface area (Å²) in [5, 5.41) is 7.05. The Morgan fingerprint density at radius 1 is 0.310 bits per heavy atom. The molecule has 12 rings (SSSR count). The largest absolute Gasteiger partial charge is 0.456 e. The van der Waals surface area contributed by atoms with Crippen LogP contribution in [0, 0.1) is 0 Å². The number of thiophene rings is 1. The standard InChI is InChI=1S/C54H33NO2S/c1-2-10-37(11-3-1)41-14-8-15-46-47-16-9-17-48(54(47)58-53(41)46)55(40-29-31-45-43-13-5-7-19-50(43)57-52(45)33-40)39-27-24-35(25-28-39)34-20-22-36(23-21-34)38-26-30-44-42-12-4-6-18-49(42)56-51(44)32-38/h1-33H. The quantitative estimate of drug-likeness (QED) is 0.169. The number of furan rings is 2. The van der Waals surface area contributed by atoms with E-state index in [0.717, 1.165) is 83.2 Å². The van der Waals surface area contributed by atoms with Crippen molar-refractivity contribution in [1.29, 1.82) is 0 Å². The molecule has 272 valence electrons. The highest BCUT2D eigenvalue weighted by atomic mass is 32.1. The van der Waals surface area contributed by atoms with Gasteiger partial charge in [0.2, 0.25) is 0 Å². The van der Waals surface area contributed by atoms with Crippen molar-refractivity contribution < 1.29 is 8.83 Å². The average Bonchev–Trinajstić information content (AvgIpc) is 3.98. The summed E-state index contributed by atoms with van der Waals surface area (Å²) >= 11 is 1.86. The molecule has 12 aromatic rings. The van der Waals surface area contributed by atoms with Gasteiger partial charge in [-0.25, -0.2) is 0 Å². The lowest BCUT2D eigenvalue weighted by molar-refractivity contribution is 0.668. The van der Waals surface area contributed by atoms with Crippen molar-refractivity contribution in [2.45, 2.75) is 0 Å². The number of hydrogen-bond donors (Lipinski definition) is 0. The van der Waals surface area contributed by atoms with Crippen molar-refractivity contribution in [3.63, 3.8) is 0 Å². The monoisotopic (exact) mass is 759 g/mol. The van der Waals surface area contributed by atoms with E-state index in [9.17, 15) is 0 Å². The molecule has 4 heteroatoms. The Morgan fingerprint density at radius 3 is 1.52 bits per heavy atom. The van der Waals surface area contributed by atoms with Crippen LogP contribution in [0.15, 0.2) is 209 Å². The molecule has 58 heavy (non-hydrogen) atoms. The van der Waals surface area contributed by atoms with E-state index in [1.54, 1.807) is 0 Å². The number of hydrogen-bond acceptors (Lipinski definition) is 4. The number of benzene rings is 9. The number of rotatable bonds is 6. The smallest absolute Gasteiger partial charge is 0.137 e. The fourth-order valence-electron chi connectivity index (χ4n) is 8.67. The molecule has 9 aromatic carbocycles. The van der Waals surface area contributed by atoms with Gasteiger partial charge < -0.3 is 13.7 Å². The molecule has 0 aliphatic heterocycles. The molecule has 3 nitrogen and oxygen atoms in total. The van der Waals surface area contributed by atoms with Crippen LogP contribution in [0.4, 0.5) is 17.1 Å². The van der Waals surface area contributed by atoms with Crippen LogP contribution in [0.1, 0.15) is 0 Å². The molecule has 0 atom stereocenters. The van der Waals surface area contributed by atoms with Crippen LogP contribution in [-0.4, -0.2) is 0 Å². The van der Waals surface area contributed by atoms with Crippen LogP contribution in [0.25, 0.3) is 97.4 Å². The maximum absolute atomic E-state index is 6.44. The van der Waals surface area contributed by atoms with Crippen LogP contribution in [0.5, 0.6) is 0 Å². The third-order valence-electron chi connectivity index (χ3n) is 11.5. The molecule has 3 aromatic heterocycles. The minimum Gasteiger partial charge on any atom is -0.456 e. The SMILES string of the molecule is c1ccc(-c2cccc3c2sc2c(N(c4ccc(-c5ccc(-c6ccc7c(c6)oc6ccccc67)cc5)cc4)c4ccc5c(c4)oc4ccccc45)cccc23)cc1. The van der Waals surface area contributed by atoms with Gasteiger partial charge in [-0.1, -0.05) is 140 Å². The van der Waals surface area contributed by atoms with Crippen LogP contribution >= 0.6 is 11.3 Å². The topological polar surface area (TPSA) is 29.5 Å².